The Morgan fingerprint density at radius 1 is 1.28 bits per heavy atom. The van der Waals surface area contributed by atoms with E-state index in [1.807, 2.05) is 30.3 Å². The summed E-state index contributed by atoms with van der Waals surface area (Å²) in [5, 5.41) is 2.88. The van der Waals surface area contributed by atoms with Gasteiger partial charge in [0.1, 0.15) is 0 Å². The van der Waals surface area contributed by atoms with Crippen LogP contribution in [0.3, 0.4) is 0 Å². The molecular formula is C14H10BrNOS. The van der Waals surface area contributed by atoms with Gasteiger partial charge in [-0.15, -0.1) is 11.3 Å². The maximum atomic E-state index is 12.0. The average molecular weight is 320 g/mol. The number of thiophene rings is 1. The molecule has 0 radical (unpaired) electrons. The van der Waals surface area contributed by atoms with Crippen molar-refractivity contribution in [3.63, 3.8) is 0 Å². The second-order valence-electron chi connectivity index (χ2n) is 4.15. The van der Waals surface area contributed by atoms with E-state index in [1.165, 1.54) is 4.88 Å². The van der Waals surface area contributed by atoms with Gasteiger partial charge in [0, 0.05) is 25.5 Å². The number of carbonyl (C=O) groups is 1. The maximum Gasteiger partial charge on any atom is 0.256 e. The molecule has 0 saturated heterocycles. The molecule has 2 aromatic rings. The van der Waals surface area contributed by atoms with Crippen LogP contribution in [0.15, 0.2) is 34.8 Å². The van der Waals surface area contributed by atoms with E-state index < -0.39 is 0 Å². The summed E-state index contributed by atoms with van der Waals surface area (Å²) < 4.78 is 0.978. The average Bonchev–Trinajstić information content (AvgIpc) is 2.86. The Morgan fingerprint density at radius 3 is 2.83 bits per heavy atom. The predicted octanol–water partition coefficient (Wildman–Crippen LogP) is 4.31. The minimum Gasteiger partial charge on any atom is -0.321 e. The fraction of sp³-hybridized carbons (Fsp3) is 0.0714. The summed E-state index contributed by atoms with van der Waals surface area (Å²) in [5.74, 6) is -0.0332. The quantitative estimate of drug-likeness (QED) is 0.779. The van der Waals surface area contributed by atoms with Gasteiger partial charge in [-0.1, -0.05) is 15.9 Å². The number of nitrogens with one attached hydrogen (secondary N) is 1. The monoisotopic (exact) mass is 319 g/mol. The molecule has 0 bridgehead atoms. The lowest BCUT2D eigenvalue weighted by atomic mass is 10.1. The summed E-state index contributed by atoms with van der Waals surface area (Å²) in [6, 6.07) is 9.91. The maximum absolute atomic E-state index is 12.0. The van der Waals surface area contributed by atoms with Gasteiger partial charge < -0.3 is 5.32 Å². The Kier molecular flexibility index (Phi) is 2.84. The van der Waals surface area contributed by atoms with Gasteiger partial charge in [0.05, 0.1) is 5.57 Å². The topological polar surface area (TPSA) is 29.1 Å². The molecule has 0 spiro atoms. The van der Waals surface area contributed by atoms with Crippen LogP contribution < -0.4 is 5.32 Å². The fourth-order valence-corrected chi connectivity index (χ4v) is 3.16. The molecule has 1 aromatic heterocycles. The zero-order valence-corrected chi connectivity index (χ0v) is 12.1. The van der Waals surface area contributed by atoms with Crippen molar-refractivity contribution >= 4 is 50.5 Å². The van der Waals surface area contributed by atoms with Crippen molar-refractivity contribution in [1.82, 2.24) is 0 Å². The van der Waals surface area contributed by atoms with E-state index in [0.29, 0.717) is 0 Å². The van der Waals surface area contributed by atoms with Crippen LogP contribution in [0.2, 0.25) is 0 Å². The highest BCUT2D eigenvalue weighted by Gasteiger charge is 2.24. The molecule has 2 heterocycles. The third kappa shape index (κ3) is 2.02. The number of benzene rings is 1. The minimum absolute atomic E-state index is 0.0332. The van der Waals surface area contributed by atoms with Gasteiger partial charge in [-0.05, 0) is 43.3 Å². The van der Waals surface area contributed by atoms with Crippen LogP contribution >= 0.6 is 27.3 Å². The van der Waals surface area contributed by atoms with E-state index in [4.69, 9.17) is 0 Å². The molecule has 3 rings (SSSR count). The summed E-state index contributed by atoms with van der Waals surface area (Å²) in [4.78, 5) is 14.3. The van der Waals surface area contributed by atoms with Gasteiger partial charge in [0.2, 0.25) is 0 Å². The van der Waals surface area contributed by atoms with Crippen LogP contribution in [-0.4, -0.2) is 5.91 Å². The van der Waals surface area contributed by atoms with Crippen LogP contribution in [-0.2, 0) is 4.79 Å². The number of anilines is 1. The molecule has 1 aliphatic heterocycles. The SMILES string of the molecule is Cc1ccc(C=C2C(=O)Nc3ccc(Br)cc32)s1. The Bertz CT molecular complexity index is 672. The van der Waals surface area contributed by atoms with Crippen LogP contribution in [0.1, 0.15) is 15.3 Å². The number of hydrogen-bond acceptors (Lipinski definition) is 2. The second kappa shape index (κ2) is 4.37. The lowest BCUT2D eigenvalue weighted by Gasteiger charge is -1.98. The number of halogens is 1. The first-order valence-corrected chi connectivity index (χ1v) is 7.14. The molecule has 1 aliphatic rings. The van der Waals surface area contributed by atoms with Crippen LogP contribution in [0.4, 0.5) is 5.69 Å². The first-order chi connectivity index (χ1) is 8.63. The zero-order valence-electron chi connectivity index (χ0n) is 9.66. The van der Waals surface area contributed by atoms with E-state index >= 15 is 0 Å². The van der Waals surface area contributed by atoms with Gasteiger partial charge in [-0.25, -0.2) is 0 Å². The molecule has 0 atom stereocenters. The number of carbonyl (C=O) groups excluding carboxylic acids is 1. The molecular weight excluding hydrogens is 310 g/mol. The van der Waals surface area contributed by atoms with E-state index in [-0.39, 0.29) is 5.91 Å². The number of aryl methyl sites for hydroxylation is 1. The fourth-order valence-electron chi connectivity index (χ4n) is 1.98. The van der Waals surface area contributed by atoms with Crippen LogP contribution in [0.5, 0.6) is 0 Å². The summed E-state index contributed by atoms with van der Waals surface area (Å²) >= 11 is 5.13. The van der Waals surface area contributed by atoms with E-state index in [1.54, 1.807) is 11.3 Å². The van der Waals surface area contributed by atoms with Crippen molar-refractivity contribution in [2.45, 2.75) is 6.92 Å². The summed E-state index contributed by atoms with van der Waals surface area (Å²) in [5.41, 5.74) is 2.57. The normalized spacial score (nSPS) is 15.9. The van der Waals surface area contributed by atoms with Gasteiger partial charge in [0.15, 0.2) is 0 Å². The number of hydrogen-bond donors (Lipinski definition) is 1. The van der Waals surface area contributed by atoms with Crippen molar-refractivity contribution < 1.29 is 4.79 Å². The van der Waals surface area contributed by atoms with Crippen molar-refractivity contribution in [3.05, 3.63) is 50.1 Å². The predicted molar refractivity (Wildman–Crippen MR) is 79.7 cm³/mol. The van der Waals surface area contributed by atoms with Gasteiger partial charge in [0.25, 0.3) is 5.91 Å². The lowest BCUT2D eigenvalue weighted by molar-refractivity contribution is -0.110. The van der Waals surface area contributed by atoms with Gasteiger partial charge in [-0.3, -0.25) is 4.79 Å². The first kappa shape index (κ1) is 11.7. The molecule has 90 valence electrons. The Labute approximate surface area is 117 Å². The van der Waals surface area contributed by atoms with Crippen LogP contribution in [0, 0.1) is 6.92 Å². The number of amides is 1. The molecule has 0 aliphatic carbocycles. The Morgan fingerprint density at radius 2 is 2.11 bits per heavy atom. The molecule has 18 heavy (non-hydrogen) atoms. The van der Waals surface area contributed by atoms with Gasteiger partial charge >= 0.3 is 0 Å². The lowest BCUT2D eigenvalue weighted by Crippen LogP contribution is -2.03. The Balaban J connectivity index is 2.11. The minimum atomic E-state index is -0.0332. The number of fused-ring (bicyclic) bond motifs is 1. The van der Waals surface area contributed by atoms with E-state index in [9.17, 15) is 4.79 Å². The summed E-state index contributed by atoms with van der Waals surface area (Å²) in [7, 11) is 0. The molecule has 2 nitrogen and oxygen atoms in total. The van der Waals surface area contributed by atoms with E-state index in [2.05, 4.69) is 34.2 Å². The molecule has 1 N–H and O–H groups in total. The molecule has 1 aromatic carbocycles. The Hall–Kier alpha value is -1.39. The molecule has 0 fully saturated rings. The van der Waals surface area contributed by atoms with Crippen molar-refractivity contribution in [2.75, 3.05) is 5.32 Å². The van der Waals surface area contributed by atoms with Crippen molar-refractivity contribution in [3.8, 4) is 0 Å². The summed E-state index contributed by atoms with van der Waals surface area (Å²) in [6.07, 6.45) is 1.95. The molecule has 4 heteroatoms. The van der Waals surface area contributed by atoms with Crippen LogP contribution in [0.25, 0.3) is 11.6 Å². The molecule has 1 amide bonds. The first-order valence-electron chi connectivity index (χ1n) is 5.53. The van der Waals surface area contributed by atoms with Gasteiger partial charge in [-0.2, -0.15) is 0 Å². The highest BCUT2D eigenvalue weighted by Crippen LogP contribution is 2.35. The third-order valence-corrected chi connectivity index (χ3v) is 4.25. The zero-order chi connectivity index (χ0) is 12.7. The van der Waals surface area contributed by atoms with Crippen molar-refractivity contribution in [2.24, 2.45) is 0 Å². The highest BCUT2D eigenvalue weighted by molar-refractivity contribution is 9.10. The molecule has 0 saturated carbocycles. The largest absolute Gasteiger partial charge is 0.321 e. The third-order valence-electron chi connectivity index (χ3n) is 2.81. The highest BCUT2D eigenvalue weighted by atomic mass is 79.9. The van der Waals surface area contributed by atoms with E-state index in [0.717, 1.165) is 26.2 Å². The summed E-state index contributed by atoms with van der Waals surface area (Å²) in [6.45, 7) is 2.06. The number of rotatable bonds is 1. The smallest absolute Gasteiger partial charge is 0.256 e. The molecule has 0 unspecified atom stereocenters. The van der Waals surface area contributed by atoms with Crippen molar-refractivity contribution in [1.29, 1.82) is 0 Å². The second-order valence-corrected chi connectivity index (χ2v) is 6.39. The standard InChI is InChI=1S/C14H10BrNOS/c1-8-2-4-10(18-8)7-12-11-6-9(15)3-5-13(11)16-14(12)17/h2-7H,1H3,(H,16,17).